The van der Waals surface area contributed by atoms with Gasteiger partial charge in [0.15, 0.2) is 0 Å². The van der Waals surface area contributed by atoms with E-state index in [1.165, 1.54) is 6.07 Å². The quantitative estimate of drug-likeness (QED) is 0.497. The van der Waals surface area contributed by atoms with Crippen LogP contribution in [0.2, 0.25) is 0 Å². The van der Waals surface area contributed by atoms with Crippen molar-refractivity contribution in [2.75, 3.05) is 0 Å². The number of rotatable bonds is 6. The number of benzene rings is 2. The van der Waals surface area contributed by atoms with Gasteiger partial charge in [-0.25, -0.2) is 8.78 Å². The van der Waals surface area contributed by atoms with Crippen molar-refractivity contribution < 1.29 is 26.7 Å². The minimum absolute atomic E-state index is 0.0168. The summed E-state index contributed by atoms with van der Waals surface area (Å²) in [5.74, 6) is -1.62. The lowest BCUT2D eigenvalue weighted by Gasteiger charge is -2.36. The molecule has 4 rings (SSSR count). The van der Waals surface area contributed by atoms with Gasteiger partial charge in [0.1, 0.15) is 23.5 Å². The molecule has 1 N–H and O–H groups in total. The molecule has 164 valence electrons. The van der Waals surface area contributed by atoms with Crippen LogP contribution < -0.4 is 10.1 Å². The summed E-state index contributed by atoms with van der Waals surface area (Å²) in [4.78, 5) is 4.14. The van der Waals surface area contributed by atoms with Crippen molar-refractivity contribution in [2.24, 2.45) is 0 Å². The number of pyridine rings is 1. The van der Waals surface area contributed by atoms with Crippen LogP contribution in [0.3, 0.4) is 0 Å². The van der Waals surface area contributed by atoms with Crippen LogP contribution in [0.15, 0.2) is 42.7 Å². The van der Waals surface area contributed by atoms with Gasteiger partial charge in [0.25, 0.3) is 0 Å². The maximum absolute atomic E-state index is 14.7. The largest absolute Gasteiger partial charge is 0.490 e. The SMILES string of the molecule is CCc1cc(F)c(CNC2CC(Oc3ccc(F)c(C(F)(F)F)c3)C2)c2ccncc12. The molecule has 1 aliphatic carbocycles. The number of hydrogen-bond acceptors (Lipinski definition) is 3. The molecule has 0 saturated heterocycles. The fourth-order valence-electron chi connectivity index (χ4n) is 3.89. The van der Waals surface area contributed by atoms with E-state index in [0.717, 1.165) is 22.4 Å². The molecule has 0 aliphatic heterocycles. The zero-order valence-corrected chi connectivity index (χ0v) is 16.8. The van der Waals surface area contributed by atoms with Crippen molar-refractivity contribution in [3.8, 4) is 5.75 Å². The first-order valence-electron chi connectivity index (χ1n) is 10.1. The Morgan fingerprint density at radius 3 is 2.55 bits per heavy atom. The van der Waals surface area contributed by atoms with Gasteiger partial charge in [-0.15, -0.1) is 0 Å². The molecule has 1 fully saturated rings. The summed E-state index contributed by atoms with van der Waals surface area (Å²) in [5.41, 5.74) is 0.123. The van der Waals surface area contributed by atoms with Crippen molar-refractivity contribution in [1.82, 2.24) is 10.3 Å². The van der Waals surface area contributed by atoms with Gasteiger partial charge in [-0.05, 0) is 60.5 Å². The molecule has 0 unspecified atom stereocenters. The van der Waals surface area contributed by atoms with E-state index in [0.29, 0.717) is 37.4 Å². The Morgan fingerprint density at radius 2 is 1.84 bits per heavy atom. The first kappa shape index (κ1) is 21.5. The average Bonchev–Trinajstić information content (AvgIpc) is 2.70. The van der Waals surface area contributed by atoms with Gasteiger partial charge in [-0.2, -0.15) is 13.2 Å². The molecule has 1 saturated carbocycles. The molecule has 3 aromatic rings. The number of halogens is 5. The normalized spacial score (nSPS) is 18.8. The zero-order chi connectivity index (χ0) is 22.2. The highest BCUT2D eigenvalue weighted by atomic mass is 19.4. The molecule has 0 atom stereocenters. The topological polar surface area (TPSA) is 34.1 Å². The summed E-state index contributed by atoms with van der Waals surface area (Å²) in [6.45, 7) is 2.29. The van der Waals surface area contributed by atoms with Crippen LogP contribution in [0, 0.1) is 11.6 Å². The van der Waals surface area contributed by atoms with Gasteiger partial charge in [-0.3, -0.25) is 4.98 Å². The second-order valence-corrected chi connectivity index (χ2v) is 7.70. The Balaban J connectivity index is 1.37. The van der Waals surface area contributed by atoms with E-state index < -0.39 is 17.6 Å². The molecule has 2 aromatic carbocycles. The molecular formula is C23H21F5N2O. The summed E-state index contributed by atoms with van der Waals surface area (Å²) in [7, 11) is 0. The Kier molecular flexibility index (Phi) is 5.83. The van der Waals surface area contributed by atoms with Crippen LogP contribution in [0.1, 0.15) is 36.5 Å². The first-order valence-corrected chi connectivity index (χ1v) is 10.1. The van der Waals surface area contributed by atoms with Gasteiger partial charge >= 0.3 is 6.18 Å². The molecule has 0 amide bonds. The molecule has 0 radical (unpaired) electrons. The van der Waals surface area contributed by atoms with Gasteiger partial charge in [0.05, 0.1) is 5.56 Å². The van der Waals surface area contributed by atoms with Crippen LogP contribution in [-0.2, 0) is 19.1 Å². The summed E-state index contributed by atoms with van der Waals surface area (Å²) in [5, 5.41) is 5.03. The minimum atomic E-state index is -4.77. The molecule has 8 heteroatoms. The van der Waals surface area contributed by atoms with E-state index in [4.69, 9.17) is 4.74 Å². The summed E-state index contributed by atoms with van der Waals surface area (Å²) in [6, 6.07) is 6.02. The number of fused-ring (bicyclic) bond motifs is 1. The van der Waals surface area contributed by atoms with Gasteiger partial charge < -0.3 is 10.1 Å². The Hall–Kier alpha value is -2.74. The summed E-state index contributed by atoms with van der Waals surface area (Å²) in [6.07, 6.45) is 0.145. The van der Waals surface area contributed by atoms with Gasteiger partial charge in [0.2, 0.25) is 0 Å². The lowest BCUT2D eigenvalue weighted by atomic mass is 9.88. The van der Waals surface area contributed by atoms with Crippen LogP contribution >= 0.6 is 0 Å². The number of ether oxygens (including phenoxy) is 1. The number of aryl methyl sites for hydroxylation is 1. The molecule has 31 heavy (non-hydrogen) atoms. The third kappa shape index (κ3) is 4.49. The van der Waals surface area contributed by atoms with E-state index in [-0.39, 0.29) is 23.7 Å². The van der Waals surface area contributed by atoms with Crippen molar-refractivity contribution in [1.29, 1.82) is 0 Å². The van der Waals surface area contributed by atoms with E-state index in [1.807, 2.05) is 6.92 Å². The number of hydrogen-bond donors (Lipinski definition) is 1. The second-order valence-electron chi connectivity index (χ2n) is 7.70. The first-order chi connectivity index (χ1) is 14.8. The third-order valence-electron chi connectivity index (χ3n) is 5.67. The van der Waals surface area contributed by atoms with E-state index >= 15 is 0 Å². The highest BCUT2D eigenvalue weighted by Gasteiger charge is 2.35. The molecule has 1 aliphatic rings. The van der Waals surface area contributed by atoms with E-state index in [9.17, 15) is 22.0 Å². The molecular weight excluding hydrogens is 415 g/mol. The summed E-state index contributed by atoms with van der Waals surface area (Å²) >= 11 is 0. The van der Waals surface area contributed by atoms with Crippen LogP contribution in [-0.4, -0.2) is 17.1 Å². The highest BCUT2D eigenvalue weighted by molar-refractivity contribution is 5.88. The molecule has 1 heterocycles. The lowest BCUT2D eigenvalue weighted by Crippen LogP contribution is -2.46. The maximum atomic E-state index is 14.7. The van der Waals surface area contributed by atoms with Gasteiger partial charge in [-0.1, -0.05) is 6.92 Å². The monoisotopic (exact) mass is 436 g/mol. The fourth-order valence-corrected chi connectivity index (χ4v) is 3.89. The maximum Gasteiger partial charge on any atom is 0.419 e. The predicted octanol–water partition coefficient (Wildman–Crippen LogP) is 5.79. The smallest absolute Gasteiger partial charge is 0.419 e. The highest BCUT2D eigenvalue weighted by Crippen LogP contribution is 2.35. The Bertz CT molecular complexity index is 1090. The molecule has 3 nitrogen and oxygen atoms in total. The summed E-state index contributed by atoms with van der Waals surface area (Å²) < 4.78 is 72.1. The van der Waals surface area contributed by atoms with Crippen molar-refractivity contribution in [3.05, 3.63) is 71.1 Å². The molecule has 0 spiro atoms. The Labute approximate surface area is 176 Å². The van der Waals surface area contributed by atoms with Crippen molar-refractivity contribution in [2.45, 2.75) is 51.1 Å². The number of nitrogens with one attached hydrogen (secondary N) is 1. The van der Waals surface area contributed by atoms with Crippen molar-refractivity contribution >= 4 is 10.8 Å². The minimum Gasteiger partial charge on any atom is -0.490 e. The molecule has 1 aromatic heterocycles. The average molecular weight is 436 g/mol. The lowest BCUT2D eigenvalue weighted by molar-refractivity contribution is -0.140. The van der Waals surface area contributed by atoms with Crippen LogP contribution in [0.5, 0.6) is 5.75 Å². The number of nitrogens with zero attached hydrogens (tertiary/aromatic N) is 1. The second kappa shape index (κ2) is 8.42. The number of alkyl halides is 3. The van der Waals surface area contributed by atoms with Crippen LogP contribution in [0.4, 0.5) is 22.0 Å². The van der Waals surface area contributed by atoms with E-state index in [2.05, 4.69) is 10.3 Å². The standard InChI is InChI=1S/C23H21F5N2O/c1-2-13-7-22(25)19(17-5-6-29-11-18(13)17)12-30-14-8-16(9-14)31-15-3-4-21(24)20(10-15)23(26,27)28/h3-7,10-11,14,16,30H,2,8-9,12H2,1H3. The Morgan fingerprint density at radius 1 is 1.06 bits per heavy atom. The van der Waals surface area contributed by atoms with Crippen molar-refractivity contribution in [3.63, 3.8) is 0 Å². The predicted molar refractivity (Wildman–Crippen MR) is 107 cm³/mol. The van der Waals surface area contributed by atoms with E-state index in [1.54, 1.807) is 24.5 Å². The fraction of sp³-hybridized carbons (Fsp3) is 0.348. The van der Waals surface area contributed by atoms with Gasteiger partial charge in [0, 0.05) is 35.9 Å². The molecule has 0 bridgehead atoms. The number of aromatic nitrogens is 1. The van der Waals surface area contributed by atoms with Crippen LogP contribution in [0.25, 0.3) is 10.8 Å². The third-order valence-corrected chi connectivity index (χ3v) is 5.67. The zero-order valence-electron chi connectivity index (χ0n) is 16.8.